The van der Waals surface area contributed by atoms with Crippen molar-refractivity contribution in [3.8, 4) is 5.75 Å². The number of nitrogens with zero attached hydrogens (tertiary/aromatic N) is 3. The van der Waals surface area contributed by atoms with Crippen LogP contribution in [0.15, 0.2) is 53.3 Å². The van der Waals surface area contributed by atoms with Crippen molar-refractivity contribution in [1.29, 1.82) is 0 Å². The van der Waals surface area contributed by atoms with Crippen molar-refractivity contribution in [2.24, 2.45) is 0 Å². The molecule has 0 atom stereocenters. The van der Waals surface area contributed by atoms with Crippen LogP contribution in [0.2, 0.25) is 0 Å². The van der Waals surface area contributed by atoms with Crippen molar-refractivity contribution in [3.63, 3.8) is 0 Å². The lowest BCUT2D eigenvalue weighted by Gasteiger charge is -2.33. The van der Waals surface area contributed by atoms with Gasteiger partial charge in [0, 0.05) is 30.6 Å². The number of methoxy groups -OCH3 is 1. The van der Waals surface area contributed by atoms with E-state index in [1.807, 2.05) is 32.9 Å². The minimum absolute atomic E-state index is 0.0325. The number of benzene rings is 2. The Balaban J connectivity index is 1.44. The van der Waals surface area contributed by atoms with E-state index in [9.17, 15) is 14.4 Å². The van der Waals surface area contributed by atoms with Crippen LogP contribution in [-0.4, -0.2) is 57.3 Å². The summed E-state index contributed by atoms with van der Waals surface area (Å²) in [7, 11) is 1.57. The molecule has 3 heterocycles. The van der Waals surface area contributed by atoms with E-state index in [4.69, 9.17) is 14.6 Å². The smallest absolute Gasteiger partial charge is 0.410 e. The molecule has 198 valence electrons. The Morgan fingerprint density at radius 1 is 1.08 bits per heavy atom. The van der Waals surface area contributed by atoms with Crippen LogP contribution in [0.1, 0.15) is 55.6 Å². The molecule has 2 aromatic carbocycles. The summed E-state index contributed by atoms with van der Waals surface area (Å²) < 4.78 is 12.4. The molecule has 2 aromatic heterocycles. The fourth-order valence-corrected chi connectivity index (χ4v) is 4.80. The molecule has 0 aliphatic carbocycles. The Labute approximate surface area is 219 Å². The topological polar surface area (TPSA) is 118 Å². The van der Waals surface area contributed by atoms with E-state index in [0.717, 1.165) is 5.69 Å². The standard InChI is InChI=1S/C28H31N5O5/c1-28(2,3)38-27(36)32-14-12-17(13-15-32)22-16-23(34)30-25-24-20(6-5-7-21(24)31-33(22)25)29-26(35)18-8-10-19(37-4)11-9-18/h5-11,16-17H,12-15H2,1-4H3,(H,29,35)(H,30,34). The second-order valence-corrected chi connectivity index (χ2v) is 10.4. The van der Waals surface area contributed by atoms with Crippen molar-refractivity contribution in [2.75, 3.05) is 25.5 Å². The maximum absolute atomic E-state index is 13.0. The zero-order chi connectivity index (χ0) is 27.0. The minimum atomic E-state index is -0.553. The van der Waals surface area contributed by atoms with Crippen LogP contribution >= 0.6 is 0 Å². The highest BCUT2D eigenvalue weighted by molar-refractivity contribution is 6.11. The lowest BCUT2D eigenvalue weighted by molar-refractivity contribution is 0.0203. The van der Waals surface area contributed by atoms with Crippen LogP contribution in [0.3, 0.4) is 0 Å². The summed E-state index contributed by atoms with van der Waals surface area (Å²) in [6, 6.07) is 13.8. The van der Waals surface area contributed by atoms with Crippen molar-refractivity contribution in [1.82, 2.24) is 19.5 Å². The lowest BCUT2D eigenvalue weighted by atomic mass is 9.93. The number of ether oxygens (including phenoxy) is 2. The largest absolute Gasteiger partial charge is 0.497 e. The predicted octanol–water partition coefficient (Wildman–Crippen LogP) is 4.55. The van der Waals surface area contributed by atoms with Gasteiger partial charge in [-0.3, -0.25) is 9.59 Å². The molecule has 1 fully saturated rings. The molecule has 1 aliphatic rings. The third kappa shape index (κ3) is 5.06. The number of amides is 2. The number of hydrogen-bond acceptors (Lipinski definition) is 6. The summed E-state index contributed by atoms with van der Waals surface area (Å²) in [5.74, 6) is 0.408. The molecule has 4 aromatic rings. The molecular weight excluding hydrogens is 486 g/mol. The Hall–Kier alpha value is -4.34. The van der Waals surface area contributed by atoms with Gasteiger partial charge in [0.05, 0.1) is 29.4 Å². The number of H-pyrrole nitrogens is 1. The number of carbonyl (C=O) groups is 2. The van der Waals surface area contributed by atoms with Gasteiger partial charge in [0.2, 0.25) is 0 Å². The molecule has 38 heavy (non-hydrogen) atoms. The predicted molar refractivity (Wildman–Crippen MR) is 144 cm³/mol. The number of carbonyl (C=O) groups excluding carboxylic acids is 2. The number of aromatic nitrogens is 3. The lowest BCUT2D eigenvalue weighted by Crippen LogP contribution is -2.41. The van der Waals surface area contributed by atoms with Crippen molar-refractivity contribution < 1.29 is 19.1 Å². The molecule has 10 heteroatoms. The summed E-state index contributed by atoms with van der Waals surface area (Å²) in [4.78, 5) is 42.8. The van der Waals surface area contributed by atoms with Crippen molar-refractivity contribution in [2.45, 2.75) is 45.1 Å². The fourth-order valence-electron chi connectivity index (χ4n) is 4.80. The molecule has 2 amide bonds. The third-order valence-corrected chi connectivity index (χ3v) is 6.63. The number of rotatable bonds is 4. The first-order valence-corrected chi connectivity index (χ1v) is 12.6. The molecule has 1 saturated heterocycles. The monoisotopic (exact) mass is 517 g/mol. The summed E-state index contributed by atoms with van der Waals surface area (Å²) in [6.45, 7) is 6.59. The highest BCUT2D eigenvalue weighted by Gasteiger charge is 2.29. The first kappa shape index (κ1) is 25.3. The molecule has 10 nitrogen and oxygen atoms in total. The molecule has 0 unspecified atom stereocenters. The van der Waals surface area contributed by atoms with E-state index in [1.54, 1.807) is 52.9 Å². The van der Waals surface area contributed by atoms with Gasteiger partial charge in [-0.2, -0.15) is 5.10 Å². The fraction of sp³-hybridized carbons (Fsp3) is 0.357. The van der Waals surface area contributed by atoms with Gasteiger partial charge in [0.15, 0.2) is 0 Å². The average molecular weight is 518 g/mol. The minimum Gasteiger partial charge on any atom is -0.497 e. The zero-order valence-electron chi connectivity index (χ0n) is 21.9. The van der Waals surface area contributed by atoms with E-state index < -0.39 is 5.60 Å². The molecule has 0 bridgehead atoms. The van der Waals surface area contributed by atoms with Crippen LogP contribution in [0.5, 0.6) is 5.75 Å². The van der Waals surface area contributed by atoms with Gasteiger partial charge in [-0.25, -0.2) is 9.31 Å². The van der Waals surface area contributed by atoms with Gasteiger partial charge in [0.1, 0.15) is 17.0 Å². The molecule has 2 N–H and O–H groups in total. The van der Waals surface area contributed by atoms with Gasteiger partial charge in [-0.05, 0) is 70.0 Å². The van der Waals surface area contributed by atoms with Crippen LogP contribution in [0.4, 0.5) is 10.5 Å². The number of anilines is 1. The van der Waals surface area contributed by atoms with E-state index in [2.05, 4.69) is 10.3 Å². The average Bonchev–Trinajstić information content (AvgIpc) is 3.26. The maximum Gasteiger partial charge on any atom is 0.410 e. The van der Waals surface area contributed by atoms with Gasteiger partial charge in [0.25, 0.3) is 11.5 Å². The molecule has 0 spiro atoms. The van der Waals surface area contributed by atoms with Gasteiger partial charge in [-0.1, -0.05) is 6.07 Å². The summed E-state index contributed by atoms with van der Waals surface area (Å²) in [5, 5.41) is 8.38. The second kappa shape index (κ2) is 9.85. The number of likely N-dealkylation sites (tertiary alicyclic amines) is 1. The maximum atomic E-state index is 13.0. The molecule has 0 saturated carbocycles. The number of aromatic amines is 1. The van der Waals surface area contributed by atoms with E-state index in [-0.39, 0.29) is 23.5 Å². The number of nitrogens with one attached hydrogen (secondary N) is 2. The molecule has 1 aliphatic heterocycles. The normalized spacial score (nSPS) is 14.6. The molecular formula is C28H31N5O5. The van der Waals surface area contributed by atoms with E-state index >= 15 is 0 Å². The first-order valence-electron chi connectivity index (χ1n) is 12.6. The Morgan fingerprint density at radius 3 is 2.45 bits per heavy atom. The van der Waals surface area contributed by atoms with Crippen LogP contribution < -0.4 is 15.6 Å². The van der Waals surface area contributed by atoms with Gasteiger partial charge < -0.3 is 24.7 Å². The van der Waals surface area contributed by atoms with Crippen LogP contribution in [0, 0.1) is 0 Å². The van der Waals surface area contributed by atoms with Gasteiger partial charge in [-0.15, -0.1) is 0 Å². The molecule has 5 rings (SSSR count). The van der Waals surface area contributed by atoms with Crippen molar-refractivity contribution >= 4 is 34.2 Å². The van der Waals surface area contributed by atoms with Crippen LogP contribution in [0.25, 0.3) is 16.6 Å². The number of piperidine rings is 1. The molecule has 0 radical (unpaired) electrons. The van der Waals surface area contributed by atoms with E-state index in [1.165, 1.54) is 0 Å². The summed E-state index contributed by atoms with van der Waals surface area (Å²) >= 11 is 0. The second-order valence-electron chi connectivity index (χ2n) is 10.4. The first-order chi connectivity index (χ1) is 18.1. The van der Waals surface area contributed by atoms with E-state index in [0.29, 0.717) is 59.5 Å². The summed E-state index contributed by atoms with van der Waals surface area (Å²) in [6.07, 6.45) is 1.03. The van der Waals surface area contributed by atoms with Gasteiger partial charge >= 0.3 is 6.09 Å². The Kier molecular flexibility index (Phi) is 6.56. The highest BCUT2D eigenvalue weighted by Crippen LogP contribution is 2.32. The SMILES string of the molecule is COc1ccc(C(=O)Nc2cccc3nn4c(C5CCN(C(=O)OC(C)(C)C)CC5)cc(=O)[nH]c4c23)cc1. The Bertz CT molecular complexity index is 1560. The number of fused-ring (bicyclic) bond motifs is 3. The van der Waals surface area contributed by atoms with Crippen LogP contribution in [-0.2, 0) is 4.74 Å². The van der Waals surface area contributed by atoms with Crippen molar-refractivity contribution in [3.05, 3.63) is 70.1 Å². The highest BCUT2D eigenvalue weighted by atomic mass is 16.6. The summed E-state index contributed by atoms with van der Waals surface area (Å²) in [5.41, 5.74) is 2.16. The Morgan fingerprint density at radius 2 is 1.79 bits per heavy atom. The number of hydrogen-bond donors (Lipinski definition) is 2. The third-order valence-electron chi connectivity index (χ3n) is 6.63. The zero-order valence-corrected chi connectivity index (χ0v) is 21.9. The quantitative estimate of drug-likeness (QED) is 0.410.